The summed E-state index contributed by atoms with van der Waals surface area (Å²) in [7, 11) is -1.98. The van der Waals surface area contributed by atoms with E-state index in [0.717, 1.165) is 37.9 Å². The Morgan fingerprint density at radius 3 is 2.44 bits per heavy atom. The highest BCUT2D eigenvalue weighted by Crippen LogP contribution is 2.27. The summed E-state index contributed by atoms with van der Waals surface area (Å²) >= 11 is 5.91. The number of carbonyl (C=O) groups excluding carboxylic acids is 1. The summed E-state index contributed by atoms with van der Waals surface area (Å²) < 4.78 is 27.9. The minimum Gasteiger partial charge on any atom is -0.353 e. The molecule has 2 fully saturated rings. The van der Waals surface area contributed by atoms with Crippen molar-refractivity contribution in [1.82, 2.24) is 14.2 Å². The van der Waals surface area contributed by atoms with Gasteiger partial charge in [0, 0.05) is 51.0 Å². The van der Waals surface area contributed by atoms with Crippen molar-refractivity contribution in [2.45, 2.75) is 43.0 Å². The van der Waals surface area contributed by atoms with Gasteiger partial charge in [0.1, 0.15) is 5.82 Å². The highest BCUT2D eigenvalue weighted by Gasteiger charge is 2.30. The highest BCUT2D eigenvalue weighted by molar-refractivity contribution is 7.89. The number of halogens is 1. The third-order valence-corrected chi connectivity index (χ3v) is 8.58. The maximum atomic E-state index is 13.2. The molecule has 1 aliphatic heterocycles. The molecule has 0 unspecified atom stereocenters. The van der Waals surface area contributed by atoms with Gasteiger partial charge in [0.25, 0.3) is 5.91 Å². The lowest BCUT2D eigenvalue weighted by Crippen LogP contribution is -2.49. The molecule has 0 N–H and O–H groups in total. The van der Waals surface area contributed by atoms with Crippen molar-refractivity contribution in [3.63, 3.8) is 0 Å². The van der Waals surface area contributed by atoms with Gasteiger partial charge < -0.3 is 9.80 Å². The molecule has 172 valence electrons. The van der Waals surface area contributed by atoms with E-state index >= 15 is 0 Å². The Morgan fingerprint density at radius 1 is 1.06 bits per heavy atom. The van der Waals surface area contributed by atoms with Gasteiger partial charge in [0.05, 0.1) is 9.92 Å². The van der Waals surface area contributed by atoms with Gasteiger partial charge in [-0.25, -0.2) is 13.4 Å². The summed E-state index contributed by atoms with van der Waals surface area (Å²) in [4.78, 5) is 21.5. The molecular formula is C23H29ClN4O3S. The van der Waals surface area contributed by atoms with Crippen molar-refractivity contribution < 1.29 is 13.2 Å². The Balaban J connectivity index is 1.44. The molecule has 1 saturated carbocycles. The normalized spacial score (nSPS) is 18.2. The number of anilines is 1. The van der Waals surface area contributed by atoms with Gasteiger partial charge in [-0.1, -0.05) is 36.9 Å². The van der Waals surface area contributed by atoms with Crippen LogP contribution in [0.4, 0.5) is 5.82 Å². The first kappa shape index (κ1) is 23.0. The molecule has 2 aromatic rings. The zero-order valence-electron chi connectivity index (χ0n) is 18.3. The summed E-state index contributed by atoms with van der Waals surface area (Å²) in [5, 5.41) is 0.589. The number of pyridine rings is 1. The molecule has 4 rings (SSSR count). The quantitative estimate of drug-likeness (QED) is 0.658. The molecule has 1 aromatic heterocycles. The molecule has 2 aliphatic rings. The van der Waals surface area contributed by atoms with Gasteiger partial charge in [-0.3, -0.25) is 4.79 Å². The van der Waals surface area contributed by atoms with Crippen LogP contribution in [0, 0.1) is 0 Å². The van der Waals surface area contributed by atoms with E-state index in [4.69, 9.17) is 11.6 Å². The van der Waals surface area contributed by atoms with Crippen LogP contribution in [0.25, 0.3) is 0 Å². The Hall–Kier alpha value is -2.16. The van der Waals surface area contributed by atoms with Crippen LogP contribution in [-0.4, -0.2) is 67.8 Å². The van der Waals surface area contributed by atoms with Gasteiger partial charge in [0.15, 0.2) is 0 Å². The van der Waals surface area contributed by atoms with Crippen LogP contribution in [0.1, 0.15) is 42.5 Å². The first-order valence-electron chi connectivity index (χ1n) is 11.1. The van der Waals surface area contributed by atoms with E-state index in [-0.39, 0.29) is 16.8 Å². The summed E-state index contributed by atoms with van der Waals surface area (Å²) in [5.74, 6) is 0.687. The van der Waals surface area contributed by atoms with E-state index < -0.39 is 10.0 Å². The predicted molar refractivity (Wildman–Crippen MR) is 126 cm³/mol. The molecule has 0 spiro atoms. The molecule has 2 heterocycles. The van der Waals surface area contributed by atoms with E-state index in [2.05, 4.69) is 9.88 Å². The second kappa shape index (κ2) is 9.77. The standard InChI is InChI=1S/C23H29ClN4O3S/c1-26(20-7-3-2-4-8-20)32(30,31)21-9-5-6-18(16-21)23(29)28-14-12-27(13-15-28)22-11-10-19(24)17-25-22/h5-6,9-11,16-17,20H,2-4,7-8,12-15H2,1H3. The molecule has 0 radical (unpaired) electrons. The van der Waals surface area contributed by atoms with Gasteiger partial charge in [-0.15, -0.1) is 0 Å². The molecule has 1 saturated heterocycles. The van der Waals surface area contributed by atoms with Gasteiger partial charge >= 0.3 is 0 Å². The minimum atomic E-state index is -3.64. The molecule has 1 aromatic carbocycles. The lowest BCUT2D eigenvalue weighted by molar-refractivity contribution is 0.0746. The van der Waals surface area contributed by atoms with E-state index in [1.165, 1.54) is 10.4 Å². The van der Waals surface area contributed by atoms with Crippen LogP contribution in [0.2, 0.25) is 5.02 Å². The summed E-state index contributed by atoms with van der Waals surface area (Å²) in [6.45, 7) is 2.40. The van der Waals surface area contributed by atoms with Crippen LogP contribution in [-0.2, 0) is 10.0 Å². The second-order valence-corrected chi connectivity index (χ2v) is 10.9. The third kappa shape index (κ3) is 4.92. The fourth-order valence-corrected chi connectivity index (χ4v) is 6.05. The minimum absolute atomic E-state index is 0.0302. The SMILES string of the molecule is CN(C1CCCCC1)S(=O)(=O)c1cccc(C(=O)N2CCN(c3ccc(Cl)cn3)CC2)c1. The van der Waals surface area contributed by atoms with Crippen molar-refractivity contribution in [2.75, 3.05) is 38.1 Å². The topological polar surface area (TPSA) is 73.8 Å². The number of carbonyl (C=O) groups is 1. The molecular weight excluding hydrogens is 448 g/mol. The number of aromatic nitrogens is 1. The fraction of sp³-hybridized carbons (Fsp3) is 0.478. The molecule has 1 amide bonds. The van der Waals surface area contributed by atoms with Crippen LogP contribution in [0.15, 0.2) is 47.5 Å². The summed E-state index contributed by atoms with van der Waals surface area (Å²) in [5.41, 5.74) is 0.404. The number of amides is 1. The molecule has 9 heteroatoms. The highest BCUT2D eigenvalue weighted by atomic mass is 35.5. The van der Waals surface area contributed by atoms with Gasteiger partial charge in [-0.2, -0.15) is 4.31 Å². The lowest BCUT2D eigenvalue weighted by atomic mass is 9.96. The maximum Gasteiger partial charge on any atom is 0.254 e. The number of rotatable bonds is 5. The van der Waals surface area contributed by atoms with E-state index in [1.54, 1.807) is 42.4 Å². The smallest absolute Gasteiger partial charge is 0.254 e. The lowest BCUT2D eigenvalue weighted by Gasteiger charge is -2.35. The maximum absolute atomic E-state index is 13.2. The van der Waals surface area contributed by atoms with Crippen molar-refractivity contribution in [3.05, 3.63) is 53.2 Å². The largest absolute Gasteiger partial charge is 0.353 e. The van der Waals surface area contributed by atoms with Crippen molar-refractivity contribution >= 4 is 33.3 Å². The van der Waals surface area contributed by atoms with Crippen molar-refractivity contribution in [3.8, 4) is 0 Å². The van der Waals surface area contributed by atoms with Crippen molar-refractivity contribution in [1.29, 1.82) is 0 Å². The number of sulfonamides is 1. The van der Waals surface area contributed by atoms with Crippen LogP contribution >= 0.6 is 11.6 Å². The Kier molecular flexibility index (Phi) is 7.02. The van der Waals surface area contributed by atoms with Crippen molar-refractivity contribution in [2.24, 2.45) is 0 Å². The number of benzene rings is 1. The van der Waals surface area contributed by atoms with E-state index in [0.29, 0.717) is 36.8 Å². The molecule has 0 atom stereocenters. The first-order valence-corrected chi connectivity index (χ1v) is 12.9. The second-order valence-electron chi connectivity index (χ2n) is 8.45. The summed E-state index contributed by atoms with van der Waals surface area (Å²) in [6.07, 6.45) is 6.67. The number of hydrogen-bond acceptors (Lipinski definition) is 5. The van der Waals surface area contributed by atoms with E-state index in [9.17, 15) is 13.2 Å². The predicted octanol–water partition coefficient (Wildman–Crippen LogP) is 3.65. The fourth-order valence-electron chi connectivity index (χ4n) is 4.47. The average Bonchev–Trinajstić information content (AvgIpc) is 2.84. The van der Waals surface area contributed by atoms with Gasteiger partial charge in [-0.05, 0) is 43.2 Å². The van der Waals surface area contributed by atoms with Gasteiger partial charge in [0.2, 0.25) is 10.0 Å². The number of nitrogens with zero attached hydrogens (tertiary/aromatic N) is 4. The number of piperazine rings is 1. The van der Waals surface area contributed by atoms with E-state index in [1.807, 2.05) is 6.07 Å². The Bertz CT molecular complexity index is 1050. The molecule has 1 aliphatic carbocycles. The zero-order chi connectivity index (χ0) is 22.7. The third-order valence-electron chi connectivity index (χ3n) is 6.45. The Labute approximate surface area is 195 Å². The van der Waals surface area contributed by atoms with Crippen LogP contribution in [0.5, 0.6) is 0 Å². The number of hydrogen-bond donors (Lipinski definition) is 0. The first-order chi connectivity index (χ1) is 15.4. The molecule has 0 bridgehead atoms. The Morgan fingerprint density at radius 2 is 1.78 bits per heavy atom. The molecule has 32 heavy (non-hydrogen) atoms. The summed E-state index contributed by atoms with van der Waals surface area (Å²) in [6, 6.07) is 10.1. The van der Waals surface area contributed by atoms with Crippen LogP contribution in [0.3, 0.4) is 0 Å². The van der Waals surface area contributed by atoms with Crippen LogP contribution < -0.4 is 4.90 Å². The average molecular weight is 477 g/mol. The zero-order valence-corrected chi connectivity index (χ0v) is 19.9. The molecule has 7 nitrogen and oxygen atoms in total. The monoisotopic (exact) mass is 476 g/mol.